The maximum Gasteiger partial charge on any atom is 0.152 e. The van der Waals surface area contributed by atoms with E-state index in [1.807, 2.05) is 22.7 Å². The Hall–Kier alpha value is -1.68. The molecule has 0 saturated carbocycles. The summed E-state index contributed by atoms with van der Waals surface area (Å²) in [6.07, 6.45) is 7.02. The summed E-state index contributed by atoms with van der Waals surface area (Å²) in [5, 5.41) is 0. The first kappa shape index (κ1) is 10.5. The number of aromatic nitrogens is 2. The molecule has 1 fully saturated rings. The number of pyridine rings is 1. The molecule has 3 rings (SSSR count). The van der Waals surface area contributed by atoms with Gasteiger partial charge in [0, 0.05) is 11.8 Å². The molecular weight excluding hydrogens is 214 g/mol. The van der Waals surface area contributed by atoms with Gasteiger partial charge in [-0.05, 0) is 38.6 Å². The molecule has 2 aromatic rings. The normalized spacial score (nSPS) is 21.1. The third-order valence-corrected chi connectivity index (χ3v) is 3.58. The SMILES string of the molecule is CN1CCCC1c1ncc2c(C=O)cccn12. The van der Waals surface area contributed by atoms with Crippen molar-refractivity contribution < 1.29 is 4.79 Å². The summed E-state index contributed by atoms with van der Waals surface area (Å²) in [5.74, 6) is 1.05. The molecule has 1 saturated heterocycles. The Balaban J connectivity index is 2.15. The van der Waals surface area contributed by atoms with E-state index in [0.717, 1.165) is 30.6 Å². The van der Waals surface area contributed by atoms with Crippen molar-refractivity contribution in [1.82, 2.24) is 14.3 Å². The van der Waals surface area contributed by atoms with E-state index in [4.69, 9.17) is 0 Å². The molecule has 0 N–H and O–H groups in total. The van der Waals surface area contributed by atoms with Crippen molar-refractivity contribution >= 4 is 11.8 Å². The van der Waals surface area contributed by atoms with Crippen molar-refractivity contribution in [3.05, 3.63) is 35.9 Å². The van der Waals surface area contributed by atoms with Gasteiger partial charge in [-0.2, -0.15) is 0 Å². The summed E-state index contributed by atoms with van der Waals surface area (Å²) in [4.78, 5) is 17.8. The molecule has 3 heterocycles. The van der Waals surface area contributed by atoms with Gasteiger partial charge < -0.3 is 4.40 Å². The van der Waals surface area contributed by atoms with Crippen LogP contribution in [0.1, 0.15) is 35.1 Å². The molecule has 1 aliphatic heterocycles. The van der Waals surface area contributed by atoms with Gasteiger partial charge in [0.15, 0.2) is 6.29 Å². The molecule has 17 heavy (non-hydrogen) atoms. The van der Waals surface area contributed by atoms with Crippen LogP contribution in [0, 0.1) is 0 Å². The summed E-state index contributed by atoms with van der Waals surface area (Å²) in [7, 11) is 2.13. The van der Waals surface area contributed by atoms with E-state index < -0.39 is 0 Å². The van der Waals surface area contributed by atoms with Gasteiger partial charge in [-0.25, -0.2) is 4.98 Å². The summed E-state index contributed by atoms with van der Waals surface area (Å²) in [6.45, 7) is 1.12. The van der Waals surface area contributed by atoms with Crippen molar-refractivity contribution in [2.75, 3.05) is 13.6 Å². The summed E-state index contributed by atoms with van der Waals surface area (Å²) < 4.78 is 2.04. The van der Waals surface area contributed by atoms with Gasteiger partial charge in [-0.15, -0.1) is 0 Å². The van der Waals surface area contributed by atoms with Crippen LogP contribution in [0.3, 0.4) is 0 Å². The molecule has 0 aliphatic carbocycles. The van der Waals surface area contributed by atoms with Crippen LogP contribution in [-0.4, -0.2) is 34.2 Å². The predicted octanol–water partition coefficient (Wildman–Crippen LogP) is 1.91. The van der Waals surface area contributed by atoms with Crippen molar-refractivity contribution in [3.8, 4) is 0 Å². The Labute approximate surface area is 99.9 Å². The van der Waals surface area contributed by atoms with E-state index in [0.29, 0.717) is 11.6 Å². The van der Waals surface area contributed by atoms with Crippen molar-refractivity contribution in [2.24, 2.45) is 0 Å². The lowest BCUT2D eigenvalue weighted by atomic mass is 10.2. The molecule has 0 amide bonds. The van der Waals surface area contributed by atoms with Crippen molar-refractivity contribution in [2.45, 2.75) is 18.9 Å². The standard InChI is InChI=1S/C13H15N3O/c1-15-6-3-5-11(15)13-14-8-12-10(9-17)4-2-7-16(12)13/h2,4,7-9,11H,3,5-6H2,1H3. The molecule has 88 valence electrons. The Morgan fingerprint density at radius 2 is 2.41 bits per heavy atom. The first-order valence-corrected chi connectivity index (χ1v) is 5.92. The van der Waals surface area contributed by atoms with Gasteiger partial charge in [-0.3, -0.25) is 9.69 Å². The topological polar surface area (TPSA) is 37.6 Å². The summed E-state index contributed by atoms with van der Waals surface area (Å²) in [5.41, 5.74) is 1.60. The first-order valence-electron chi connectivity index (χ1n) is 5.92. The Kier molecular flexibility index (Phi) is 2.44. The highest BCUT2D eigenvalue weighted by Gasteiger charge is 2.26. The molecule has 0 bridgehead atoms. The van der Waals surface area contributed by atoms with Crippen LogP contribution >= 0.6 is 0 Å². The fourth-order valence-corrected chi connectivity index (χ4v) is 2.65. The van der Waals surface area contributed by atoms with E-state index in [9.17, 15) is 4.79 Å². The second-order valence-electron chi connectivity index (χ2n) is 4.59. The number of nitrogens with zero attached hydrogens (tertiary/aromatic N) is 3. The molecule has 1 atom stereocenters. The molecule has 2 aromatic heterocycles. The zero-order valence-corrected chi connectivity index (χ0v) is 9.84. The number of rotatable bonds is 2. The highest BCUT2D eigenvalue weighted by atomic mass is 16.1. The lowest BCUT2D eigenvalue weighted by Gasteiger charge is -2.18. The highest BCUT2D eigenvalue weighted by Crippen LogP contribution is 2.30. The highest BCUT2D eigenvalue weighted by molar-refractivity contribution is 5.85. The third kappa shape index (κ3) is 1.56. The smallest absolute Gasteiger partial charge is 0.152 e. The molecule has 1 aliphatic rings. The van der Waals surface area contributed by atoms with Crippen LogP contribution in [0.5, 0.6) is 0 Å². The largest absolute Gasteiger partial charge is 0.302 e. The van der Waals surface area contributed by atoms with Crippen molar-refractivity contribution in [1.29, 1.82) is 0 Å². The molecule has 0 spiro atoms. The number of fused-ring (bicyclic) bond motifs is 1. The minimum absolute atomic E-state index is 0.374. The second-order valence-corrected chi connectivity index (χ2v) is 4.59. The first-order chi connectivity index (χ1) is 8.31. The zero-order chi connectivity index (χ0) is 11.8. The van der Waals surface area contributed by atoms with Gasteiger partial charge in [0.1, 0.15) is 5.82 Å². The van der Waals surface area contributed by atoms with Crippen LogP contribution in [0.4, 0.5) is 0 Å². The van der Waals surface area contributed by atoms with Crippen molar-refractivity contribution in [3.63, 3.8) is 0 Å². The number of imidazole rings is 1. The predicted molar refractivity (Wildman–Crippen MR) is 65.2 cm³/mol. The molecule has 4 heteroatoms. The quantitative estimate of drug-likeness (QED) is 0.738. The molecule has 1 unspecified atom stereocenters. The number of carbonyl (C=O) groups excluding carboxylic acids is 1. The molecule has 0 aromatic carbocycles. The van der Waals surface area contributed by atoms with E-state index >= 15 is 0 Å². The minimum Gasteiger partial charge on any atom is -0.302 e. The number of hydrogen-bond acceptors (Lipinski definition) is 3. The maximum atomic E-state index is 11.0. The van der Waals surface area contributed by atoms with Crippen LogP contribution in [0.25, 0.3) is 5.52 Å². The van der Waals surface area contributed by atoms with E-state index in [1.54, 1.807) is 6.20 Å². The fourth-order valence-electron chi connectivity index (χ4n) is 2.65. The summed E-state index contributed by atoms with van der Waals surface area (Å²) >= 11 is 0. The third-order valence-electron chi connectivity index (χ3n) is 3.58. The van der Waals surface area contributed by atoms with Gasteiger partial charge in [0.2, 0.25) is 0 Å². The Bertz CT molecular complexity index is 561. The van der Waals surface area contributed by atoms with Crippen LogP contribution < -0.4 is 0 Å². The second kappa shape index (κ2) is 3.96. The van der Waals surface area contributed by atoms with Crippen LogP contribution in [0.2, 0.25) is 0 Å². The molecular formula is C13H15N3O. The zero-order valence-electron chi connectivity index (χ0n) is 9.84. The van der Waals surface area contributed by atoms with Gasteiger partial charge in [0.25, 0.3) is 0 Å². The Morgan fingerprint density at radius 1 is 1.53 bits per heavy atom. The minimum atomic E-state index is 0.374. The van der Waals surface area contributed by atoms with Gasteiger partial charge in [0.05, 0.1) is 17.8 Å². The van der Waals surface area contributed by atoms with Crippen LogP contribution in [-0.2, 0) is 0 Å². The molecule has 4 nitrogen and oxygen atoms in total. The number of aldehydes is 1. The van der Waals surface area contributed by atoms with E-state index in [1.165, 1.54) is 6.42 Å². The fraction of sp³-hybridized carbons (Fsp3) is 0.385. The Morgan fingerprint density at radius 3 is 3.12 bits per heavy atom. The van der Waals surface area contributed by atoms with Gasteiger partial charge >= 0.3 is 0 Å². The van der Waals surface area contributed by atoms with E-state index in [-0.39, 0.29) is 0 Å². The van der Waals surface area contributed by atoms with Gasteiger partial charge in [-0.1, -0.05) is 0 Å². The average Bonchev–Trinajstić information content (AvgIpc) is 2.94. The molecule has 0 radical (unpaired) electrons. The summed E-state index contributed by atoms with van der Waals surface area (Å²) in [6, 6.07) is 4.10. The number of carbonyl (C=O) groups is 1. The number of likely N-dealkylation sites (tertiary alicyclic amines) is 1. The van der Waals surface area contributed by atoms with Crippen LogP contribution in [0.15, 0.2) is 24.5 Å². The lowest BCUT2D eigenvalue weighted by Crippen LogP contribution is -2.19. The monoisotopic (exact) mass is 229 g/mol. The number of hydrogen-bond donors (Lipinski definition) is 0. The maximum absolute atomic E-state index is 11.0. The lowest BCUT2D eigenvalue weighted by molar-refractivity contribution is 0.112. The average molecular weight is 229 g/mol. The van der Waals surface area contributed by atoms with E-state index in [2.05, 4.69) is 16.9 Å².